The fourth-order valence-corrected chi connectivity index (χ4v) is 4.38. The molecule has 1 aliphatic rings. The first-order valence-electron chi connectivity index (χ1n) is 6.62. The number of oxime groups is 1. The van der Waals surface area contributed by atoms with Crippen molar-refractivity contribution in [1.82, 2.24) is 14.6 Å². The molecular formula is C11H14N5NaO6S3. The molecule has 0 radical (unpaired) electrons. The standard InChI is InChI=1S/C11H15N5O6S3.Na/c1-22-15-7(5-3-24-11(12)13-5)9(17)14-8-6(4-23-2)16(10(8)18)25(19,20)21;/h3,6,8H,4H2,1-2H3,(H2,12,13)(H,14,17)(H,19,20,21);/q;+1/p-1/t6-,8+;/m1./s1. The van der Waals surface area contributed by atoms with Crippen molar-refractivity contribution in [1.29, 1.82) is 0 Å². The number of hydrogen-bond acceptors (Lipinski definition) is 11. The van der Waals surface area contributed by atoms with E-state index in [9.17, 15) is 22.6 Å². The minimum absolute atomic E-state index is 0. The van der Waals surface area contributed by atoms with Gasteiger partial charge in [-0.1, -0.05) is 5.16 Å². The molecule has 0 bridgehead atoms. The van der Waals surface area contributed by atoms with Gasteiger partial charge in [-0.25, -0.2) is 17.7 Å². The van der Waals surface area contributed by atoms with Gasteiger partial charge >= 0.3 is 29.6 Å². The molecule has 3 N–H and O–H groups in total. The summed E-state index contributed by atoms with van der Waals surface area (Å²) in [5.41, 5.74) is 5.43. The Bertz CT molecular complexity index is 813. The van der Waals surface area contributed by atoms with E-state index in [4.69, 9.17) is 5.73 Å². The van der Waals surface area contributed by atoms with Crippen LogP contribution in [0.3, 0.4) is 0 Å². The maximum Gasteiger partial charge on any atom is 1.00 e. The summed E-state index contributed by atoms with van der Waals surface area (Å²) in [6.07, 6.45) is 1.67. The van der Waals surface area contributed by atoms with Gasteiger partial charge in [0.25, 0.3) is 11.8 Å². The topological polar surface area (TPSA) is 167 Å². The molecule has 138 valence electrons. The van der Waals surface area contributed by atoms with E-state index in [1.54, 1.807) is 6.26 Å². The van der Waals surface area contributed by atoms with Crippen molar-refractivity contribution in [2.24, 2.45) is 5.16 Å². The number of β-lactam (4-membered cyclic amide) rings is 1. The number of anilines is 1. The summed E-state index contributed by atoms with van der Waals surface area (Å²) >= 11 is 2.30. The SMILES string of the molecule is CON=C(C(=O)N[C@@H]1C(=O)N(S(=O)(=O)[O-])[C@@H]1CSC)c1csc(N)n1.[Na+]. The number of amides is 2. The molecule has 0 spiro atoms. The molecule has 1 aliphatic heterocycles. The van der Waals surface area contributed by atoms with Gasteiger partial charge in [-0.15, -0.1) is 11.3 Å². The molecule has 2 amide bonds. The molecule has 1 aromatic rings. The summed E-state index contributed by atoms with van der Waals surface area (Å²) in [5.74, 6) is -1.66. The van der Waals surface area contributed by atoms with Gasteiger partial charge in [0, 0.05) is 11.1 Å². The van der Waals surface area contributed by atoms with Crippen LogP contribution in [0.1, 0.15) is 5.69 Å². The van der Waals surface area contributed by atoms with E-state index in [1.807, 2.05) is 0 Å². The third-order valence-corrected chi connectivity index (χ3v) is 5.48. The van der Waals surface area contributed by atoms with Crippen molar-refractivity contribution in [3.05, 3.63) is 11.1 Å². The van der Waals surface area contributed by atoms with Crippen LogP contribution < -0.4 is 40.6 Å². The zero-order chi connectivity index (χ0) is 18.8. The van der Waals surface area contributed by atoms with Crippen molar-refractivity contribution >= 4 is 56.1 Å². The van der Waals surface area contributed by atoms with E-state index in [2.05, 4.69) is 20.3 Å². The number of nitrogen functional groups attached to an aromatic ring is 1. The number of hydrogen-bond donors (Lipinski definition) is 2. The van der Waals surface area contributed by atoms with Gasteiger partial charge in [0.15, 0.2) is 21.1 Å². The van der Waals surface area contributed by atoms with Gasteiger partial charge in [-0.05, 0) is 6.26 Å². The Balaban J connectivity index is 0.00000338. The van der Waals surface area contributed by atoms with Crippen molar-refractivity contribution < 1.29 is 57.0 Å². The smallest absolute Gasteiger partial charge is 0.731 e. The first kappa shape index (κ1) is 23.1. The van der Waals surface area contributed by atoms with Gasteiger partial charge < -0.3 is 20.4 Å². The summed E-state index contributed by atoms with van der Waals surface area (Å²) in [6.45, 7) is 0. The summed E-state index contributed by atoms with van der Waals surface area (Å²) in [5, 5.41) is 7.61. The second-order valence-corrected chi connectivity index (χ2v) is 7.81. The Hall–Kier alpha value is -0.900. The number of nitrogens with zero attached hydrogens (tertiary/aromatic N) is 3. The number of thioether (sulfide) groups is 1. The molecule has 26 heavy (non-hydrogen) atoms. The van der Waals surface area contributed by atoms with E-state index >= 15 is 0 Å². The van der Waals surface area contributed by atoms with Crippen LogP contribution in [-0.2, 0) is 24.7 Å². The number of nitrogens with two attached hydrogens (primary N) is 1. The van der Waals surface area contributed by atoms with Crippen molar-refractivity contribution in [2.45, 2.75) is 12.1 Å². The Morgan fingerprint density at radius 3 is 2.73 bits per heavy atom. The molecule has 15 heteroatoms. The molecule has 11 nitrogen and oxygen atoms in total. The van der Waals surface area contributed by atoms with Crippen LogP contribution in [0.5, 0.6) is 0 Å². The summed E-state index contributed by atoms with van der Waals surface area (Å²) in [4.78, 5) is 32.9. The molecule has 0 unspecified atom stereocenters. The normalized spacial score (nSPS) is 20.2. The van der Waals surface area contributed by atoms with Crippen molar-refractivity contribution in [2.75, 3.05) is 24.9 Å². The molecule has 0 aliphatic carbocycles. The zero-order valence-electron chi connectivity index (χ0n) is 14.0. The first-order chi connectivity index (χ1) is 11.7. The van der Waals surface area contributed by atoms with Gasteiger partial charge in [0.1, 0.15) is 18.8 Å². The second kappa shape index (κ2) is 9.34. The maximum atomic E-state index is 12.4. The molecule has 0 saturated carbocycles. The average Bonchev–Trinajstić information content (AvgIpc) is 2.94. The molecule has 2 atom stereocenters. The molecule has 2 heterocycles. The zero-order valence-corrected chi connectivity index (χ0v) is 18.5. The Morgan fingerprint density at radius 2 is 2.27 bits per heavy atom. The number of carbonyl (C=O) groups excluding carboxylic acids is 2. The van der Waals surface area contributed by atoms with Gasteiger partial charge in [-0.3, -0.25) is 9.59 Å². The Kier molecular flexibility index (Phi) is 8.32. The molecule has 1 aromatic heterocycles. The van der Waals surface area contributed by atoms with E-state index in [0.29, 0.717) is 0 Å². The third-order valence-electron chi connectivity index (χ3n) is 3.20. The van der Waals surface area contributed by atoms with E-state index < -0.39 is 34.2 Å². The summed E-state index contributed by atoms with van der Waals surface area (Å²) in [7, 11) is -3.73. The Labute approximate surface area is 179 Å². The number of carbonyl (C=O) groups is 2. The number of rotatable bonds is 7. The molecule has 2 rings (SSSR count). The average molecular weight is 431 g/mol. The fourth-order valence-electron chi connectivity index (χ4n) is 2.19. The molecule has 1 saturated heterocycles. The Morgan fingerprint density at radius 1 is 1.62 bits per heavy atom. The number of aromatic nitrogens is 1. The van der Waals surface area contributed by atoms with Crippen LogP contribution in [0.4, 0.5) is 5.13 Å². The summed E-state index contributed by atoms with van der Waals surface area (Å²) < 4.78 is 33.7. The fraction of sp³-hybridized carbons (Fsp3) is 0.455. The number of thiazole rings is 1. The predicted molar refractivity (Wildman–Crippen MR) is 90.7 cm³/mol. The summed E-state index contributed by atoms with van der Waals surface area (Å²) in [6, 6.07) is -2.14. The van der Waals surface area contributed by atoms with E-state index in [-0.39, 0.29) is 56.2 Å². The van der Waals surface area contributed by atoms with Crippen LogP contribution >= 0.6 is 23.1 Å². The molecule has 1 fully saturated rings. The van der Waals surface area contributed by atoms with Crippen LogP contribution in [0.25, 0.3) is 0 Å². The molecular weight excluding hydrogens is 417 g/mol. The quantitative estimate of drug-likeness (QED) is 0.142. The van der Waals surface area contributed by atoms with Gasteiger partial charge in [0.2, 0.25) is 0 Å². The molecule has 0 aromatic carbocycles. The maximum absolute atomic E-state index is 12.4. The van der Waals surface area contributed by atoms with Crippen LogP contribution in [0.2, 0.25) is 0 Å². The predicted octanol–water partition coefficient (Wildman–Crippen LogP) is -4.40. The van der Waals surface area contributed by atoms with Crippen molar-refractivity contribution in [3.63, 3.8) is 0 Å². The van der Waals surface area contributed by atoms with Gasteiger partial charge in [-0.2, -0.15) is 11.8 Å². The van der Waals surface area contributed by atoms with Crippen LogP contribution in [0.15, 0.2) is 10.5 Å². The van der Waals surface area contributed by atoms with Gasteiger partial charge in [0.05, 0.1) is 6.04 Å². The number of nitrogens with one attached hydrogen (secondary N) is 1. The first-order valence-corrected chi connectivity index (χ1v) is 10.3. The van der Waals surface area contributed by atoms with Crippen LogP contribution in [-0.4, -0.2) is 71.0 Å². The third kappa shape index (κ3) is 4.88. The minimum Gasteiger partial charge on any atom is -0.731 e. The van der Waals surface area contributed by atoms with Crippen molar-refractivity contribution in [3.8, 4) is 0 Å². The van der Waals surface area contributed by atoms with E-state index in [1.165, 1.54) is 24.3 Å². The minimum atomic E-state index is -4.95. The monoisotopic (exact) mass is 431 g/mol. The van der Waals surface area contributed by atoms with E-state index in [0.717, 1.165) is 11.3 Å². The second-order valence-electron chi connectivity index (χ2n) is 4.76. The largest absolute Gasteiger partial charge is 1.00 e. The van der Waals surface area contributed by atoms with Crippen LogP contribution in [0, 0.1) is 0 Å².